The van der Waals surface area contributed by atoms with E-state index < -0.39 is 10.0 Å². The lowest BCUT2D eigenvalue weighted by Gasteiger charge is -2.20. The Kier molecular flexibility index (Phi) is 5.16. The number of halogens is 2. The van der Waals surface area contributed by atoms with Crippen LogP contribution in [0.4, 0.5) is 0 Å². The number of hydrogen-bond acceptors (Lipinski definition) is 4. The normalized spacial score (nSPS) is 11.8. The molecule has 0 aliphatic heterocycles. The molecule has 0 aliphatic carbocycles. The van der Waals surface area contributed by atoms with Crippen molar-refractivity contribution in [1.82, 2.24) is 14.3 Å². The highest BCUT2D eigenvalue weighted by atomic mass is 35.5. The number of sulfonamides is 1. The Morgan fingerprint density at radius 2 is 1.86 bits per heavy atom. The van der Waals surface area contributed by atoms with E-state index in [-0.39, 0.29) is 16.7 Å². The standard InChI is InChI=1S/C13H13Cl2N3O2S/c1-2-18(9-10-4-3-5-11(14)6-10)21(19,20)12-7-16-13(15)17-8-12/h3-8H,2,9H2,1H3. The second-order valence-corrected chi connectivity index (χ2v) is 6.96. The highest BCUT2D eigenvalue weighted by Crippen LogP contribution is 2.19. The van der Waals surface area contributed by atoms with Crippen molar-refractivity contribution in [3.63, 3.8) is 0 Å². The molecule has 0 fully saturated rings. The van der Waals surface area contributed by atoms with Crippen molar-refractivity contribution in [2.24, 2.45) is 0 Å². The molecule has 1 aromatic heterocycles. The van der Waals surface area contributed by atoms with Gasteiger partial charge >= 0.3 is 0 Å². The number of benzene rings is 1. The summed E-state index contributed by atoms with van der Waals surface area (Å²) in [5.74, 6) is 0. The number of rotatable bonds is 5. The van der Waals surface area contributed by atoms with Crippen molar-refractivity contribution >= 4 is 33.2 Å². The van der Waals surface area contributed by atoms with E-state index in [0.717, 1.165) is 5.56 Å². The van der Waals surface area contributed by atoms with Gasteiger partial charge in [-0.2, -0.15) is 4.31 Å². The minimum absolute atomic E-state index is 0.00633. The van der Waals surface area contributed by atoms with Crippen LogP contribution in [0.2, 0.25) is 10.3 Å². The lowest BCUT2D eigenvalue weighted by atomic mass is 10.2. The highest BCUT2D eigenvalue weighted by molar-refractivity contribution is 7.89. The van der Waals surface area contributed by atoms with E-state index in [1.165, 1.54) is 16.7 Å². The van der Waals surface area contributed by atoms with Gasteiger partial charge < -0.3 is 0 Å². The van der Waals surface area contributed by atoms with Gasteiger partial charge in [0, 0.05) is 18.1 Å². The molecule has 2 aromatic rings. The number of nitrogens with zero attached hydrogens (tertiary/aromatic N) is 3. The molecule has 0 saturated carbocycles. The molecule has 0 bridgehead atoms. The van der Waals surface area contributed by atoms with Gasteiger partial charge in [-0.15, -0.1) is 0 Å². The van der Waals surface area contributed by atoms with Crippen LogP contribution in [0.25, 0.3) is 0 Å². The summed E-state index contributed by atoms with van der Waals surface area (Å²) in [5.41, 5.74) is 0.808. The fourth-order valence-corrected chi connectivity index (χ4v) is 3.43. The molecule has 112 valence electrons. The summed E-state index contributed by atoms with van der Waals surface area (Å²) in [5, 5.41) is 0.572. The van der Waals surface area contributed by atoms with E-state index >= 15 is 0 Å². The van der Waals surface area contributed by atoms with Crippen LogP contribution in [0.3, 0.4) is 0 Å². The first-order valence-corrected chi connectivity index (χ1v) is 8.35. The van der Waals surface area contributed by atoms with Crippen LogP contribution in [0, 0.1) is 0 Å². The molecule has 0 unspecified atom stereocenters. The molecule has 0 atom stereocenters. The van der Waals surface area contributed by atoms with Gasteiger partial charge in [-0.1, -0.05) is 30.7 Å². The van der Waals surface area contributed by atoms with Gasteiger partial charge in [0.1, 0.15) is 4.90 Å². The maximum Gasteiger partial charge on any atom is 0.246 e. The summed E-state index contributed by atoms with van der Waals surface area (Å²) in [6, 6.07) is 7.08. The smallest absolute Gasteiger partial charge is 0.225 e. The van der Waals surface area contributed by atoms with Crippen molar-refractivity contribution in [2.45, 2.75) is 18.4 Å². The molecule has 21 heavy (non-hydrogen) atoms. The maximum atomic E-state index is 12.5. The lowest BCUT2D eigenvalue weighted by Crippen LogP contribution is -2.30. The average molecular weight is 346 g/mol. The third kappa shape index (κ3) is 3.91. The van der Waals surface area contributed by atoms with Gasteiger partial charge in [0.25, 0.3) is 0 Å². The molecular weight excluding hydrogens is 333 g/mol. The minimum atomic E-state index is -3.67. The predicted octanol–water partition coefficient (Wildman–Crippen LogP) is 2.99. The van der Waals surface area contributed by atoms with Gasteiger partial charge in [0.2, 0.25) is 15.3 Å². The fourth-order valence-electron chi connectivity index (χ4n) is 1.79. The van der Waals surface area contributed by atoms with E-state index in [1.807, 2.05) is 6.07 Å². The summed E-state index contributed by atoms with van der Waals surface area (Å²) in [6.45, 7) is 2.30. The Morgan fingerprint density at radius 1 is 1.19 bits per heavy atom. The molecule has 0 radical (unpaired) electrons. The second kappa shape index (κ2) is 6.70. The third-order valence-electron chi connectivity index (χ3n) is 2.84. The quantitative estimate of drug-likeness (QED) is 0.781. The zero-order valence-corrected chi connectivity index (χ0v) is 13.5. The third-order valence-corrected chi connectivity index (χ3v) is 5.14. The first-order chi connectivity index (χ1) is 9.93. The van der Waals surface area contributed by atoms with E-state index in [2.05, 4.69) is 9.97 Å². The Bertz CT molecular complexity index is 720. The fraction of sp³-hybridized carbons (Fsp3) is 0.231. The number of aromatic nitrogens is 2. The monoisotopic (exact) mass is 345 g/mol. The van der Waals surface area contributed by atoms with Crippen LogP contribution < -0.4 is 0 Å². The molecule has 2 rings (SSSR count). The highest BCUT2D eigenvalue weighted by Gasteiger charge is 2.24. The van der Waals surface area contributed by atoms with Crippen LogP contribution in [0.15, 0.2) is 41.6 Å². The zero-order valence-electron chi connectivity index (χ0n) is 11.2. The molecule has 0 saturated heterocycles. The first-order valence-electron chi connectivity index (χ1n) is 6.15. The molecule has 0 N–H and O–H groups in total. The summed E-state index contributed by atoms with van der Waals surface area (Å²) in [6.07, 6.45) is 2.40. The van der Waals surface area contributed by atoms with Crippen LogP contribution in [0.5, 0.6) is 0 Å². The zero-order chi connectivity index (χ0) is 15.5. The van der Waals surface area contributed by atoms with Gasteiger partial charge in [-0.05, 0) is 29.3 Å². The molecule has 5 nitrogen and oxygen atoms in total. The van der Waals surface area contributed by atoms with E-state index in [9.17, 15) is 8.42 Å². The minimum Gasteiger partial charge on any atom is -0.225 e. The van der Waals surface area contributed by atoms with Gasteiger partial charge in [-0.25, -0.2) is 18.4 Å². The largest absolute Gasteiger partial charge is 0.246 e. The number of hydrogen-bond donors (Lipinski definition) is 0. The van der Waals surface area contributed by atoms with Crippen molar-refractivity contribution in [3.05, 3.63) is 52.5 Å². The van der Waals surface area contributed by atoms with Crippen LogP contribution in [-0.4, -0.2) is 29.2 Å². The van der Waals surface area contributed by atoms with Crippen LogP contribution in [-0.2, 0) is 16.6 Å². The SMILES string of the molecule is CCN(Cc1cccc(Cl)c1)S(=O)(=O)c1cnc(Cl)nc1. The second-order valence-electron chi connectivity index (χ2n) is 4.25. The average Bonchev–Trinajstić information content (AvgIpc) is 2.45. The first kappa shape index (κ1) is 16.2. The summed E-state index contributed by atoms with van der Waals surface area (Å²) in [4.78, 5) is 7.43. The Morgan fingerprint density at radius 3 is 2.43 bits per heavy atom. The summed E-state index contributed by atoms with van der Waals surface area (Å²) in [7, 11) is -3.67. The Balaban J connectivity index is 2.29. The predicted molar refractivity (Wildman–Crippen MR) is 81.8 cm³/mol. The van der Waals surface area contributed by atoms with E-state index in [0.29, 0.717) is 11.6 Å². The molecule has 8 heteroatoms. The summed E-state index contributed by atoms with van der Waals surface area (Å²) < 4.78 is 26.4. The van der Waals surface area contributed by atoms with Crippen LogP contribution in [0.1, 0.15) is 12.5 Å². The van der Waals surface area contributed by atoms with E-state index in [4.69, 9.17) is 23.2 Å². The molecule has 1 aromatic carbocycles. The molecule has 0 spiro atoms. The summed E-state index contributed by atoms with van der Waals surface area (Å²) >= 11 is 11.5. The van der Waals surface area contributed by atoms with Crippen molar-refractivity contribution in [2.75, 3.05) is 6.54 Å². The van der Waals surface area contributed by atoms with Crippen molar-refractivity contribution in [1.29, 1.82) is 0 Å². The lowest BCUT2D eigenvalue weighted by molar-refractivity contribution is 0.423. The molecule has 0 amide bonds. The van der Waals surface area contributed by atoms with Gasteiger partial charge in [0.15, 0.2) is 0 Å². The molecule has 0 aliphatic rings. The maximum absolute atomic E-state index is 12.5. The Hall–Kier alpha value is -1.21. The van der Waals surface area contributed by atoms with E-state index in [1.54, 1.807) is 25.1 Å². The van der Waals surface area contributed by atoms with Crippen molar-refractivity contribution in [3.8, 4) is 0 Å². The Labute approximate surface area is 133 Å². The molecular formula is C13H13Cl2N3O2S. The van der Waals surface area contributed by atoms with Gasteiger partial charge in [-0.3, -0.25) is 0 Å². The topological polar surface area (TPSA) is 63.2 Å². The van der Waals surface area contributed by atoms with Gasteiger partial charge in [0.05, 0.1) is 12.4 Å². The molecule has 1 heterocycles. The van der Waals surface area contributed by atoms with Crippen molar-refractivity contribution < 1.29 is 8.42 Å². The van der Waals surface area contributed by atoms with Crippen LogP contribution >= 0.6 is 23.2 Å².